The highest BCUT2D eigenvalue weighted by Crippen LogP contribution is 2.31. The number of fused-ring (bicyclic) bond motifs is 1. The van der Waals surface area contributed by atoms with Crippen LogP contribution in [0.25, 0.3) is 0 Å². The summed E-state index contributed by atoms with van der Waals surface area (Å²) in [6.45, 7) is 11.1. The maximum Gasteiger partial charge on any atom is 0.341 e. The number of allylic oxidation sites excluding steroid dienone is 1. The lowest BCUT2D eigenvalue weighted by atomic mass is 9.54. The molecule has 1 unspecified atom stereocenters. The lowest BCUT2D eigenvalue weighted by Gasteiger charge is -2.24. The van der Waals surface area contributed by atoms with Crippen LogP contribution in [0.3, 0.4) is 0 Å². The summed E-state index contributed by atoms with van der Waals surface area (Å²) in [5.41, 5.74) is 0.527. The molecule has 1 aliphatic heterocycles. The molecule has 1 heterocycles. The van der Waals surface area contributed by atoms with Gasteiger partial charge in [-0.3, -0.25) is 0 Å². The standard InChI is InChI=1S/C18H22BF2O3/c1-10-6-12-14(8-19-10)13(7-15(20)16(12)21)17(22)24-9-23-11(2)18(3,4)5/h7,10H,2,6,8-9H2,1,3-5H3. The number of hydrogen-bond acceptors (Lipinski definition) is 3. The fourth-order valence-corrected chi connectivity index (χ4v) is 2.52. The Labute approximate surface area is 142 Å². The van der Waals surface area contributed by atoms with Crippen molar-refractivity contribution in [3.8, 4) is 0 Å². The highest BCUT2D eigenvalue weighted by Gasteiger charge is 2.28. The summed E-state index contributed by atoms with van der Waals surface area (Å²) >= 11 is 0. The summed E-state index contributed by atoms with van der Waals surface area (Å²) in [5, 5.41) is 0. The zero-order valence-corrected chi connectivity index (χ0v) is 14.5. The Morgan fingerprint density at radius 3 is 2.62 bits per heavy atom. The molecule has 0 saturated carbocycles. The van der Waals surface area contributed by atoms with Crippen molar-refractivity contribution in [2.45, 2.75) is 46.3 Å². The van der Waals surface area contributed by atoms with Gasteiger partial charge in [0.15, 0.2) is 11.6 Å². The van der Waals surface area contributed by atoms with Crippen molar-refractivity contribution in [3.63, 3.8) is 0 Å². The van der Waals surface area contributed by atoms with E-state index in [0.29, 0.717) is 24.1 Å². The number of carbonyl (C=O) groups excluding carboxylic acids is 1. The first-order valence-corrected chi connectivity index (χ1v) is 7.93. The first kappa shape index (κ1) is 18.5. The molecule has 0 spiro atoms. The van der Waals surface area contributed by atoms with Crippen LogP contribution >= 0.6 is 0 Å². The highest BCUT2D eigenvalue weighted by atomic mass is 19.2. The van der Waals surface area contributed by atoms with Crippen LogP contribution in [0.1, 0.15) is 49.2 Å². The Bertz CT molecular complexity index is 665. The molecule has 0 N–H and O–H groups in total. The molecule has 1 aromatic carbocycles. The maximum atomic E-state index is 14.0. The van der Waals surface area contributed by atoms with Crippen LogP contribution in [-0.2, 0) is 22.2 Å². The van der Waals surface area contributed by atoms with Gasteiger partial charge in [-0.05, 0) is 23.6 Å². The van der Waals surface area contributed by atoms with Gasteiger partial charge in [0.2, 0.25) is 6.79 Å². The van der Waals surface area contributed by atoms with E-state index in [-0.39, 0.29) is 29.2 Å². The van der Waals surface area contributed by atoms with Gasteiger partial charge in [0.05, 0.1) is 11.3 Å². The second kappa shape index (κ2) is 6.95. The number of benzene rings is 1. The molecule has 1 atom stereocenters. The molecule has 3 nitrogen and oxygen atoms in total. The summed E-state index contributed by atoms with van der Waals surface area (Å²) < 4.78 is 38.2. The van der Waals surface area contributed by atoms with Crippen LogP contribution in [-0.4, -0.2) is 20.0 Å². The Morgan fingerprint density at radius 2 is 2.00 bits per heavy atom. The van der Waals surface area contributed by atoms with Crippen molar-refractivity contribution in [2.75, 3.05) is 6.79 Å². The van der Waals surface area contributed by atoms with E-state index in [4.69, 9.17) is 9.47 Å². The van der Waals surface area contributed by atoms with Gasteiger partial charge in [-0.2, -0.15) is 0 Å². The molecule has 2 rings (SSSR count). The van der Waals surface area contributed by atoms with Crippen LogP contribution in [0.15, 0.2) is 18.4 Å². The van der Waals surface area contributed by atoms with Crippen molar-refractivity contribution in [1.82, 2.24) is 0 Å². The van der Waals surface area contributed by atoms with Gasteiger partial charge >= 0.3 is 5.97 Å². The van der Waals surface area contributed by atoms with E-state index in [0.717, 1.165) is 6.07 Å². The van der Waals surface area contributed by atoms with E-state index in [1.807, 2.05) is 35.0 Å². The second-order valence-electron chi connectivity index (χ2n) is 7.17. The summed E-state index contributed by atoms with van der Waals surface area (Å²) in [6, 6.07) is 0.902. The third kappa shape index (κ3) is 3.97. The minimum absolute atomic E-state index is 0.0528. The predicted molar refractivity (Wildman–Crippen MR) is 88.9 cm³/mol. The lowest BCUT2D eigenvalue weighted by molar-refractivity contribution is -0.0182. The van der Waals surface area contributed by atoms with Gasteiger partial charge in [0.25, 0.3) is 0 Å². The van der Waals surface area contributed by atoms with E-state index in [1.54, 1.807) is 0 Å². The van der Waals surface area contributed by atoms with Gasteiger partial charge < -0.3 is 9.47 Å². The smallest absolute Gasteiger partial charge is 0.341 e. The lowest BCUT2D eigenvalue weighted by Crippen LogP contribution is -2.23. The molecular weight excluding hydrogens is 313 g/mol. The molecule has 0 saturated heterocycles. The molecule has 1 radical (unpaired) electrons. The Balaban J connectivity index is 2.14. The minimum Gasteiger partial charge on any atom is -0.462 e. The third-order valence-corrected chi connectivity index (χ3v) is 4.17. The third-order valence-electron chi connectivity index (χ3n) is 4.17. The molecule has 24 heavy (non-hydrogen) atoms. The van der Waals surface area contributed by atoms with E-state index in [9.17, 15) is 13.6 Å². The summed E-state index contributed by atoms with van der Waals surface area (Å²) in [6.07, 6.45) is 0.782. The molecule has 129 valence electrons. The van der Waals surface area contributed by atoms with E-state index in [1.165, 1.54) is 0 Å². The monoisotopic (exact) mass is 335 g/mol. The topological polar surface area (TPSA) is 35.5 Å². The van der Waals surface area contributed by atoms with Gasteiger partial charge in [-0.15, -0.1) is 0 Å². The molecule has 6 heteroatoms. The van der Waals surface area contributed by atoms with Crippen molar-refractivity contribution < 1.29 is 23.0 Å². The first-order valence-electron chi connectivity index (χ1n) is 7.93. The molecule has 0 amide bonds. The average molecular weight is 335 g/mol. The summed E-state index contributed by atoms with van der Waals surface area (Å²) in [5.74, 6) is -2.02. The normalized spacial score (nSPS) is 16.8. The molecule has 0 fully saturated rings. The van der Waals surface area contributed by atoms with Crippen LogP contribution in [0, 0.1) is 17.0 Å². The van der Waals surface area contributed by atoms with E-state index >= 15 is 0 Å². The number of halogens is 2. The zero-order chi connectivity index (χ0) is 18.1. The first-order chi connectivity index (χ1) is 11.1. The van der Waals surface area contributed by atoms with E-state index in [2.05, 4.69) is 6.58 Å². The van der Waals surface area contributed by atoms with Gasteiger partial charge in [-0.25, -0.2) is 13.6 Å². The van der Waals surface area contributed by atoms with Crippen LogP contribution < -0.4 is 0 Å². The Morgan fingerprint density at radius 1 is 1.33 bits per heavy atom. The predicted octanol–water partition coefficient (Wildman–Crippen LogP) is 4.22. The number of rotatable bonds is 4. The molecular formula is C18H22BF2O3. The van der Waals surface area contributed by atoms with Gasteiger partial charge in [0, 0.05) is 5.41 Å². The van der Waals surface area contributed by atoms with Crippen LogP contribution in [0.2, 0.25) is 5.82 Å². The quantitative estimate of drug-likeness (QED) is 0.358. The molecule has 0 bridgehead atoms. The van der Waals surface area contributed by atoms with Crippen molar-refractivity contribution in [1.29, 1.82) is 0 Å². The SMILES string of the molecule is C=C(OCOC(=O)c1cc(F)c(F)c2c1C[B]C(C)C2)C(C)(C)C. The van der Waals surface area contributed by atoms with Crippen LogP contribution in [0.5, 0.6) is 0 Å². The molecule has 1 aliphatic rings. The van der Waals surface area contributed by atoms with Crippen molar-refractivity contribution in [3.05, 3.63) is 46.7 Å². The van der Waals surface area contributed by atoms with Crippen molar-refractivity contribution in [2.24, 2.45) is 5.41 Å². The molecule has 1 aromatic rings. The summed E-state index contributed by atoms with van der Waals surface area (Å²) in [4.78, 5) is 12.3. The van der Waals surface area contributed by atoms with Gasteiger partial charge in [-0.1, -0.05) is 46.4 Å². The maximum absolute atomic E-state index is 14.0. The average Bonchev–Trinajstić information content (AvgIpc) is 2.49. The van der Waals surface area contributed by atoms with Gasteiger partial charge in [0.1, 0.15) is 7.28 Å². The largest absolute Gasteiger partial charge is 0.462 e. The van der Waals surface area contributed by atoms with Crippen LogP contribution in [0.4, 0.5) is 8.78 Å². The molecule has 0 aliphatic carbocycles. The van der Waals surface area contributed by atoms with Crippen molar-refractivity contribution >= 4 is 13.2 Å². The zero-order valence-electron chi connectivity index (χ0n) is 14.5. The minimum atomic E-state index is -1.03. The number of hydrogen-bond donors (Lipinski definition) is 0. The highest BCUT2D eigenvalue weighted by molar-refractivity contribution is 6.37. The van der Waals surface area contributed by atoms with E-state index < -0.39 is 17.6 Å². The number of carbonyl (C=O) groups is 1. The Kier molecular flexibility index (Phi) is 5.36. The fraction of sp³-hybridized carbons (Fsp3) is 0.500. The second-order valence-corrected chi connectivity index (χ2v) is 7.17. The Hall–Kier alpha value is -1.85. The number of ether oxygens (including phenoxy) is 2. The number of esters is 1. The molecule has 0 aromatic heterocycles. The summed E-state index contributed by atoms with van der Waals surface area (Å²) in [7, 11) is 1.98. The fourth-order valence-electron chi connectivity index (χ4n) is 2.52.